The number of rotatable bonds is 5. The van der Waals surface area contributed by atoms with Crippen molar-refractivity contribution in [3.8, 4) is 0 Å². The number of esters is 1. The van der Waals surface area contributed by atoms with Crippen molar-refractivity contribution in [2.45, 2.75) is 44.4 Å². The Kier molecular flexibility index (Phi) is 5.52. The van der Waals surface area contributed by atoms with Gasteiger partial charge in [0, 0.05) is 6.54 Å². The molecule has 1 heterocycles. The molecule has 116 valence electrons. The Balaban J connectivity index is 3.03. The van der Waals surface area contributed by atoms with Gasteiger partial charge >= 0.3 is 11.9 Å². The number of hydrogen-bond donors (Lipinski definition) is 1. The third-order valence-electron chi connectivity index (χ3n) is 3.83. The average Bonchev–Trinajstić information content (AvgIpc) is 2.44. The summed E-state index contributed by atoms with van der Waals surface area (Å²) in [5, 5.41) is 7.84. The first-order valence-corrected chi connectivity index (χ1v) is 8.07. The Hall–Kier alpha value is -1.15. The molecule has 0 amide bonds. The van der Waals surface area contributed by atoms with Gasteiger partial charge in [-0.2, -0.15) is 4.31 Å². The van der Waals surface area contributed by atoms with E-state index in [2.05, 4.69) is 4.74 Å². The normalized spacial score (nSPS) is 25.9. The second-order valence-electron chi connectivity index (χ2n) is 4.97. The van der Waals surface area contributed by atoms with Crippen molar-refractivity contribution in [3.05, 3.63) is 0 Å². The molecule has 20 heavy (non-hydrogen) atoms. The SMILES string of the molecule is CCC1CCN(S(=O)(=O)C(C)C(=O)OC)C(C(=O)O)C1. The summed E-state index contributed by atoms with van der Waals surface area (Å²) in [5.74, 6) is -1.87. The predicted octanol–water partition coefficient (Wildman–Crippen LogP) is 0.453. The van der Waals surface area contributed by atoms with Crippen LogP contribution in [0.1, 0.15) is 33.1 Å². The quantitative estimate of drug-likeness (QED) is 0.740. The van der Waals surface area contributed by atoms with Gasteiger partial charge in [0.25, 0.3) is 0 Å². The van der Waals surface area contributed by atoms with Gasteiger partial charge in [0.15, 0.2) is 5.25 Å². The van der Waals surface area contributed by atoms with Crippen LogP contribution < -0.4 is 0 Å². The van der Waals surface area contributed by atoms with Gasteiger partial charge in [-0.1, -0.05) is 13.3 Å². The molecule has 1 rings (SSSR count). The first-order chi connectivity index (χ1) is 9.25. The van der Waals surface area contributed by atoms with E-state index in [0.717, 1.165) is 17.8 Å². The van der Waals surface area contributed by atoms with Crippen molar-refractivity contribution < 1.29 is 27.9 Å². The van der Waals surface area contributed by atoms with E-state index in [0.29, 0.717) is 6.42 Å². The monoisotopic (exact) mass is 307 g/mol. The molecule has 1 saturated heterocycles. The highest BCUT2D eigenvalue weighted by molar-refractivity contribution is 7.90. The minimum Gasteiger partial charge on any atom is -0.480 e. The fourth-order valence-electron chi connectivity index (χ4n) is 2.41. The van der Waals surface area contributed by atoms with Gasteiger partial charge in [0.05, 0.1) is 7.11 Å². The number of piperidine rings is 1. The van der Waals surface area contributed by atoms with Crippen LogP contribution in [0.5, 0.6) is 0 Å². The Labute approximate surface area is 118 Å². The van der Waals surface area contributed by atoms with Crippen LogP contribution in [-0.4, -0.2) is 54.7 Å². The second-order valence-corrected chi connectivity index (χ2v) is 7.18. The van der Waals surface area contributed by atoms with E-state index in [4.69, 9.17) is 0 Å². The van der Waals surface area contributed by atoms with Gasteiger partial charge in [-0.3, -0.25) is 9.59 Å². The molecule has 7 nitrogen and oxygen atoms in total. The number of ether oxygens (including phenoxy) is 1. The number of nitrogens with zero attached hydrogens (tertiary/aromatic N) is 1. The molecule has 1 N–H and O–H groups in total. The minimum absolute atomic E-state index is 0.124. The summed E-state index contributed by atoms with van der Waals surface area (Å²) in [5.41, 5.74) is 0. The summed E-state index contributed by atoms with van der Waals surface area (Å²) >= 11 is 0. The molecular formula is C12H21NO6S. The first-order valence-electron chi connectivity index (χ1n) is 6.57. The van der Waals surface area contributed by atoms with Gasteiger partial charge < -0.3 is 9.84 Å². The van der Waals surface area contributed by atoms with E-state index in [9.17, 15) is 23.1 Å². The molecule has 1 fully saturated rings. The van der Waals surface area contributed by atoms with Gasteiger partial charge in [-0.25, -0.2) is 8.42 Å². The number of methoxy groups -OCH3 is 1. The van der Waals surface area contributed by atoms with Crippen molar-refractivity contribution in [3.63, 3.8) is 0 Å². The summed E-state index contributed by atoms with van der Waals surface area (Å²) in [6.07, 6.45) is 1.69. The zero-order valence-corrected chi connectivity index (χ0v) is 12.7. The molecule has 8 heteroatoms. The lowest BCUT2D eigenvalue weighted by Gasteiger charge is -2.36. The van der Waals surface area contributed by atoms with Crippen LogP contribution >= 0.6 is 0 Å². The summed E-state index contributed by atoms with van der Waals surface area (Å²) in [6, 6.07) is -1.11. The maximum atomic E-state index is 12.4. The minimum atomic E-state index is -4.02. The van der Waals surface area contributed by atoms with E-state index in [1.165, 1.54) is 6.92 Å². The third kappa shape index (κ3) is 3.29. The zero-order valence-electron chi connectivity index (χ0n) is 11.9. The molecule has 0 aromatic rings. The Morgan fingerprint density at radius 1 is 1.45 bits per heavy atom. The standard InChI is InChI=1S/C12H21NO6S/c1-4-9-5-6-13(10(7-9)11(14)15)20(17,18)8(2)12(16)19-3/h8-10H,4-7H2,1-3H3,(H,14,15). The molecule has 0 spiro atoms. The highest BCUT2D eigenvalue weighted by Crippen LogP contribution is 2.29. The molecular weight excluding hydrogens is 286 g/mol. The number of carboxylic acids is 1. The van der Waals surface area contributed by atoms with Crippen LogP contribution in [0.3, 0.4) is 0 Å². The van der Waals surface area contributed by atoms with Gasteiger partial charge in [0.2, 0.25) is 10.0 Å². The van der Waals surface area contributed by atoms with Gasteiger partial charge in [-0.05, 0) is 25.7 Å². The summed E-state index contributed by atoms with van der Waals surface area (Å²) in [6.45, 7) is 3.29. The fourth-order valence-corrected chi connectivity index (χ4v) is 4.04. The number of hydrogen-bond acceptors (Lipinski definition) is 5. The van der Waals surface area contributed by atoms with E-state index in [1.54, 1.807) is 0 Å². The average molecular weight is 307 g/mol. The molecule has 0 aromatic carbocycles. The summed E-state index contributed by atoms with van der Waals surface area (Å²) < 4.78 is 30.1. The van der Waals surface area contributed by atoms with E-state index in [1.807, 2.05) is 6.92 Å². The molecule has 0 saturated carbocycles. The van der Waals surface area contributed by atoms with Gasteiger partial charge in [0.1, 0.15) is 6.04 Å². The fraction of sp³-hybridized carbons (Fsp3) is 0.833. The number of sulfonamides is 1. The zero-order chi connectivity index (χ0) is 15.5. The number of carboxylic acid groups (broad SMARTS) is 1. The van der Waals surface area contributed by atoms with Crippen LogP contribution in [0.4, 0.5) is 0 Å². The molecule has 0 aromatic heterocycles. The van der Waals surface area contributed by atoms with E-state index in [-0.39, 0.29) is 18.9 Å². The Morgan fingerprint density at radius 2 is 2.05 bits per heavy atom. The molecule has 0 radical (unpaired) electrons. The Bertz CT molecular complexity index is 474. The molecule has 1 aliphatic rings. The lowest BCUT2D eigenvalue weighted by molar-refractivity contribution is -0.144. The van der Waals surface area contributed by atoms with E-state index < -0.39 is 33.3 Å². The largest absolute Gasteiger partial charge is 0.480 e. The molecule has 0 aliphatic carbocycles. The van der Waals surface area contributed by atoms with Crippen LogP contribution in [-0.2, 0) is 24.3 Å². The van der Waals surface area contributed by atoms with Crippen LogP contribution in [0, 0.1) is 5.92 Å². The lowest BCUT2D eigenvalue weighted by Crippen LogP contribution is -2.53. The van der Waals surface area contributed by atoms with Crippen LogP contribution in [0.2, 0.25) is 0 Å². The van der Waals surface area contributed by atoms with Crippen LogP contribution in [0.25, 0.3) is 0 Å². The summed E-state index contributed by atoms with van der Waals surface area (Å²) in [7, 11) is -2.92. The smallest absolute Gasteiger partial charge is 0.325 e. The van der Waals surface area contributed by atoms with E-state index >= 15 is 0 Å². The lowest BCUT2D eigenvalue weighted by atomic mass is 9.90. The first kappa shape index (κ1) is 16.9. The van der Waals surface area contributed by atoms with Crippen molar-refractivity contribution >= 4 is 22.0 Å². The second kappa shape index (κ2) is 6.53. The van der Waals surface area contributed by atoms with Crippen molar-refractivity contribution in [2.75, 3.05) is 13.7 Å². The predicted molar refractivity (Wildman–Crippen MR) is 71.5 cm³/mol. The highest BCUT2D eigenvalue weighted by Gasteiger charge is 2.44. The molecule has 0 bridgehead atoms. The van der Waals surface area contributed by atoms with Crippen molar-refractivity contribution in [1.82, 2.24) is 4.31 Å². The van der Waals surface area contributed by atoms with Gasteiger partial charge in [-0.15, -0.1) is 0 Å². The maximum absolute atomic E-state index is 12.4. The number of aliphatic carboxylic acids is 1. The molecule has 3 atom stereocenters. The third-order valence-corrected chi connectivity index (χ3v) is 6.01. The molecule has 3 unspecified atom stereocenters. The highest BCUT2D eigenvalue weighted by atomic mass is 32.2. The molecule has 1 aliphatic heterocycles. The van der Waals surface area contributed by atoms with Crippen molar-refractivity contribution in [1.29, 1.82) is 0 Å². The van der Waals surface area contributed by atoms with Crippen LogP contribution in [0.15, 0.2) is 0 Å². The Morgan fingerprint density at radius 3 is 2.50 bits per heavy atom. The number of carbonyl (C=O) groups is 2. The topological polar surface area (TPSA) is 101 Å². The number of carbonyl (C=O) groups excluding carboxylic acids is 1. The summed E-state index contributed by atoms with van der Waals surface area (Å²) in [4.78, 5) is 22.7. The van der Waals surface area contributed by atoms with Crippen molar-refractivity contribution in [2.24, 2.45) is 5.92 Å². The maximum Gasteiger partial charge on any atom is 0.325 e.